The highest BCUT2D eigenvalue weighted by Gasteiger charge is 2.08. The Bertz CT molecular complexity index is 423. The van der Waals surface area contributed by atoms with Crippen molar-refractivity contribution in [3.8, 4) is 0 Å². The number of hydrogen-bond acceptors (Lipinski definition) is 4. The van der Waals surface area contributed by atoms with Crippen LogP contribution in [0.5, 0.6) is 0 Å². The van der Waals surface area contributed by atoms with Crippen LogP contribution in [0.15, 0.2) is 22.7 Å². The fraction of sp³-hybridized carbons (Fsp3) is 0.200. The quantitative estimate of drug-likeness (QED) is 0.686. The van der Waals surface area contributed by atoms with Gasteiger partial charge in [0.2, 0.25) is 0 Å². The number of Topliss-reactive ketones (excluding diaryl/α,β-unsaturated/α-hetero) is 1. The molecule has 1 N–H and O–H groups in total. The summed E-state index contributed by atoms with van der Waals surface area (Å²) in [5, 5.41) is 0.508. The minimum Gasteiger partial charge on any atom is -0.343 e. The zero-order valence-electron chi connectivity index (χ0n) is 8.42. The summed E-state index contributed by atoms with van der Waals surface area (Å²) in [6.45, 7) is 1.32. The molecule has 0 saturated heterocycles. The highest BCUT2D eigenvalue weighted by atomic mass is 79.9. The van der Waals surface area contributed by atoms with Gasteiger partial charge in [-0.05, 0) is 41.1 Å². The van der Waals surface area contributed by atoms with Crippen LogP contribution in [0.25, 0.3) is 0 Å². The largest absolute Gasteiger partial charge is 0.343 e. The molecule has 0 saturated carbocycles. The van der Waals surface area contributed by atoms with E-state index in [1.54, 1.807) is 18.2 Å². The number of nitrogens with one attached hydrogen (secondary N) is 1. The number of benzene rings is 1. The molecule has 0 spiro atoms. The molecular formula is C10H9BrClNO3. The van der Waals surface area contributed by atoms with Gasteiger partial charge < -0.3 is 4.84 Å². The molecule has 0 radical (unpaired) electrons. The maximum Gasteiger partial charge on any atom is 0.339 e. The van der Waals surface area contributed by atoms with Crippen LogP contribution in [0, 0.1) is 0 Å². The molecule has 4 nitrogen and oxygen atoms in total. The summed E-state index contributed by atoms with van der Waals surface area (Å²) >= 11 is 9.01. The van der Waals surface area contributed by atoms with E-state index < -0.39 is 5.97 Å². The normalized spacial score (nSPS) is 9.69. The SMILES string of the molecule is CC(=O)CC(=O)ONc1cc(Cl)ccc1Br. The number of anilines is 1. The van der Waals surface area contributed by atoms with Gasteiger partial charge in [0, 0.05) is 9.50 Å². The number of rotatable bonds is 4. The minimum absolute atomic E-state index is 0.253. The lowest BCUT2D eigenvalue weighted by molar-refractivity contribution is -0.143. The highest BCUT2D eigenvalue weighted by molar-refractivity contribution is 9.10. The average molecular weight is 307 g/mol. The minimum atomic E-state index is -0.639. The molecule has 0 amide bonds. The van der Waals surface area contributed by atoms with Gasteiger partial charge in [-0.25, -0.2) is 10.3 Å². The van der Waals surface area contributed by atoms with Gasteiger partial charge in [-0.2, -0.15) is 0 Å². The Hall–Kier alpha value is -1.07. The van der Waals surface area contributed by atoms with E-state index in [1.807, 2.05) is 0 Å². The molecule has 0 bridgehead atoms. The van der Waals surface area contributed by atoms with Crippen LogP contribution in [0.2, 0.25) is 5.02 Å². The van der Waals surface area contributed by atoms with Crippen LogP contribution in [0.4, 0.5) is 5.69 Å². The van der Waals surface area contributed by atoms with Crippen LogP contribution in [0.1, 0.15) is 13.3 Å². The molecule has 6 heteroatoms. The first-order valence-electron chi connectivity index (χ1n) is 4.39. The molecule has 16 heavy (non-hydrogen) atoms. The van der Waals surface area contributed by atoms with Crippen LogP contribution < -0.4 is 5.48 Å². The van der Waals surface area contributed by atoms with Crippen molar-refractivity contribution in [3.05, 3.63) is 27.7 Å². The van der Waals surface area contributed by atoms with Crippen LogP contribution >= 0.6 is 27.5 Å². The zero-order chi connectivity index (χ0) is 12.1. The summed E-state index contributed by atoms with van der Waals surface area (Å²) in [6.07, 6.45) is -0.259. The first-order chi connectivity index (χ1) is 7.49. The van der Waals surface area contributed by atoms with Crippen molar-refractivity contribution in [1.82, 2.24) is 0 Å². The molecule has 0 heterocycles. The monoisotopic (exact) mass is 305 g/mol. The Balaban J connectivity index is 2.57. The maximum atomic E-state index is 11.1. The number of carbonyl (C=O) groups excluding carboxylic acids is 2. The summed E-state index contributed by atoms with van der Waals surface area (Å²) in [5.41, 5.74) is 2.94. The number of hydrogen-bond donors (Lipinski definition) is 1. The molecule has 0 atom stereocenters. The van der Waals surface area contributed by atoms with Crippen molar-refractivity contribution < 1.29 is 14.4 Å². The third-order valence-corrected chi connectivity index (χ3v) is 2.52. The van der Waals surface area contributed by atoms with E-state index in [4.69, 9.17) is 11.6 Å². The van der Waals surface area contributed by atoms with Crippen molar-refractivity contribution in [2.24, 2.45) is 0 Å². The second-order valence-electron chi connectivity index (χ2n) is 3.08. The van der Waals surface area contributed by atoms with E-state index in [0.29, 0.717) is 15.2 Å². The van der Waals surface area contributed by atoms with E-state index in [2.05, 4.69) is 26.2 Å². The highest BCUT2D eigenvalue weighted by Crippen LogP contribution is 2.25. The molecule has 0 unspecified atom stereocenters. The third-order valence-electron chi connectivity index (χ3n) is 1.60. The summed E-state index contributed by atoms with van der Waals surface area (Å²) in [4.78, 5) is 26.4. The van der Waals surface area contributed by atoms with Crippen molar-refractivity contribution in [3.63, 3.8) is 0 Å². The van der Waals surface area contributed by atoms with Gasteiger partial charge in [-0.3, -0.25) is 4.79 Å². The summed E-state index contributed by atoms with van der Waals surface area (Å²) in [5.74, 6) is -0.892. The summed E-state index contributed by atoms with van der Waals surface area (Å²) in [7, 11) is 0. The molecule has 1 rings (SSSR count). The summed E-state index contributed by atoms with van der Waals surface area (Å²) in [6, 6.07) is 4.99. The molecule has 0 aromatic heterocycles. The zero-order valence-corrected chi connectivity index (χ0v) is 10.8. The fourth-order valence-corrected chi connectivity index (χ4v) is 1.43. The Labute approximate surface area is 106 Å². The van der Waals surface area contributed by atoms with Crippen molar-refractivity contribution >= 4 is 45.0 Å². The lowest BCUT2D eigenvalue weighted by Gasteiger charge is -2.08. The van der Waals surface area contributed by atoms with Crippen molar-refractivity contribution in [1.29, 1.82) is 0 Å². The second kappa shape index (κ2) is 5.86. The van der Waals surface area contributed by atoms with Gasteiger partial charge in [0.1, 0.15) is 12.2 Å². The first-order valence-corrected chi connectivity index (χ1v) is 5.56. The molecule has 86 valence electrons. The Morgan fingerprint density at radius 3 is 2.81 bits per heavy atom. The third kappa shape index (κ3) is 4.20. The molecule has 0 aliphatic rings. The molecule has 0 fully saturated rings. The second-order valence-corrected chi connectivity index (χ2v) is 4.37. The Morgan fingerprint density at radius 2 is 2.19 bits per heavy atom. The van der Waals surface area contributed by atoms with Gasteiger partial charge in [-0.1, -0.05) is 11.6 Å². The van der Waals surface area contributed by atoms with E-state index in [-0.39, 0.29) is 12.2 Å². The topological polar surface area (TPSA) is 55.4 Å². The van der Waals surface area contributed by atoms with Gasteiger partial charge >= 0.3 is 5.97 Å². The van der Waals surface area contributed by atoms with E-state index in [9.17, 15) is 9.59 Å². The predicted octanol–water partition coefficient (Wildman–Crippen LogP) is 2.95. The fourth-order valence-electron chi connectivity index (χ4n) is 0.927. The first kappa shape index (κ1) is 13.0. The maximum absolute atomic E-state index is 11.1. The average Bonchev–Trinajstić information content (AvgIpc) is 2.18. The predicted molar refractivity (Wildman–Crippen MR) is 64.2 cm³/mol. The number of ketones is 1. The molecule has 1 aromatic carbocycles. The van der Waals surface area contributed by atoms with Gasteiger partial charge in [-0.15, -0.1) is 0 Å². The Morgan fingerprint density at radius 1 is 1.50 bits per heavy atom. The van der Waals surface area contributed by atoms with Crippen LogP contribution in [-0.4, -0.2) is 11.8 Å². The van der Waals surface area contributed by atoms with E-state index in [0.717, 1.165) is 0 Å². The van der Waals surface area contributed by atoms with Gasteiger partial charge in [0.25, 0.3) is 0 Å². The standard InChI is InChI=1S/C10H9BrClNO3/c1-6(14)4-10(15)16-13-9-5-7(12)2-3-8(9)11/h2-3,5,13H,4H2,1H3. The molecule has 1 aromatic rings. The lowest BCUT2D eigenvalue weighted by Crippen LogP contribution is -2.13. The lowest BCUT2D eigenvalue weighted by atomic mass is 10.3. The van der Waals surface area contributed by atoms with E-state index in [1.165, 1.54) is 6.92 Å². The molecular weight excluding hydrogens is 297 g/mol. The van der Waals surface area contributed by atoms with Crippen LogP contribution in [-0.2, 0) is 14.4 Å². The molecule has 0 aliphatic carbocycles. The van der Waals surface area contributed by atoms with Crippen LogP contribution in [0.3, 0.4) is 0 Å². The van der Waals surface area contributed by atoms with Gasteiger partial charge in [0.05, 0.1) is 5.69 Å². The van der Waals surface area contributed by atoms with Gasteiger partial charge in [0.15, 0.2) is 0 Å². The molecule has 0 aliphatic heterocycles. The number of halogens is 2. The van der Waals surface area contributed by atoms with Crippen molar-refractivity contribution in [2.45, 2.75) is 13.3 Å². The van der Waals surface area contributed by atoms with E-state index >= 15 is 0 Å². The van der Waals surface area contributed by atoms with Crippen molar-refractivity contribution in [2.75, 3.05) is 5.48 Å². The summed E-state index contributed by atoms with van der Waals surface area (Å²) < 4.78 is 0.701. The number of carbonyl (C=O) groups is 2. The smallest absolute Gasteiger partial charge is 0.339 e. The Kier molecular flexibility index (Phi) is 4.76.